The monoisotopic (exact) mass is 454 g/mol. The van der Waals surface area contributed by atoms with Gasteiger partial charge in [0.05, 0.1) is 28.5 Å². The van der Waals surface area contributed by atoms with Gasteiger partial charge in [-0.25, -0.2) is 8.42 Å². The van der Waals surface area contributed by atoms with Crippen LogP contribution in [0.2, 0.25) is 10.0 Å². The molecular formula is C21H24Cl2N2O3S. The Hall–Kier alpha value is -1.76. The first-order valence-corrected chi connectivity index (χ1v) is 12.1. The van der Waals surface area contributed by atoms with Crippen LogP contribution in [-0.4, -0.2) is 38.6 Å². The molecular weight excluding hydrogens is 431 g/mol. The molecule has 3 rings (SSSR count). The van der Waals surface area contributed by atoms with Gasteiger partial charge in [-0.15, -0.1) is 0 Å². The van der Waals surface area contributed by atoms with Crippen molar-refractivity contribution in [2.45, 2.75) is 26.3 Å². The number of anilines is 1. The molecule has 2 aromatic carbocycles. The van der Waals surface area contributed by atoms with Gasteiger partial charge in [-0.1, -0.05) is 48.3 Å². The maximum Gasteiger partial charge on any atom is 0.253 e. The van der Waals surface area contributed by atoms with Crippen LogP contribution in [0.5, 0.6) is 0 Å². The fraction of sp³-hybridized carbons (Fsp3) is 0.381. The van der Waals surface area contributed by atoms with E-state index in [4.69, 9.17) is 23.2 Å². The average Bonchev–Trinajstić information content (AvgIpc) is 2.68. The first-order valence-electron chi connectivity index (χ1n) is 9.46. The number of rotatable bonds is 5. The number of carbonyl (C=O) groups excluding carboxylic acids is 1. The molecule has 0 spiro atoms. The quantitative estimate of drug-likeness (QED) is 0.649. The van der Waals surface area contributed by atoms with Crippen molar-refractivity contribution in [3.05, 3.63) is 63.6 Å². The maximum atomic E-state index is 12.7. The summed E-state index contributed by atoms with van der Waals surface area (Å²) in [5.74, 6) is 0.527. The van der Waals surface area contributed by atoms with Crippen molar-refractivity contribution in [3.8, 4) is 0 Å². The molecule has 0 bridgehead atoms. The van der Waals surface area contributed by atoms with E-state index < -0.39 is 10.0 Å². The molecule has 8 heteroatoms. The average molecular weight is 455 g/mol. The van der Waals surface area contributed by atoms with E-state index in [1.54, 1.807) is 42.5 Å². The molecule has 1 saturated heterocycles. The Labute approximate surface area is 182 Å². The van der Waals surface area contributed by atoms with Crippen molar-refractivity contribution in [1.29, 1.82) is 0 Å². The van der Waals surface area contributed by atoms with E-state index in [0.29, 0.717) is 17.2 Å². The lowest BCUT2D eigenvalue weighted by Crippen LogP contribution is -2.39. The highest BCUT2D eigenvalue weighted by molar-refractivity contribution is 7.92. The Morgan fingerprint density at radius 2 is 1.86 bits per heavy atom. The third-order valence-corrected chi connectivity index (χ3v) is 7.01. The second-order valence-corrected chi connectivity index (χ2v) is 10.2. The first-order chi connectivity index (χ1) is 13.7. The van der Waals surface area contributed by atoms with E-state index in [9.17, 15) is 13.2 Å². The number of carbonyl (C=O) groups is 1. The highest BCUT2D eigenvalue weighted by atomic mass is 35.5. The number of halogens is 2. The number of sulfonamides is 1. The van der Waals surface area contributed by atoms with Crippen molar-refractivity contribution < 1.29 is 13.2 Å². The molecule has 0 radical (unpaired) electrons. The van der Waals surface area contributed by atoms with Gasteiger partial charge in [0, 0.05) is 18.7 Å². The van der Waals surface area contributed by atoms with Gasteiger partial charge in [0.1, 0.15) is 0 Å². The molecule has 1 aliphatic rings. The van der Waals surface area contributed by atoms with E-state index in [2.05, 4.69) is 6.92 Å². The summed E-state index contributed by atoms with van der Waals surface area (Å²) in [4.78, 5) is 14.6. The first kappa shape index (κ1) is 21.9. The van der Waals surface area contributed by atoms with E-state index in [0.717, 1.165) is 37.8 Å². The molecule has 1 atom stereocenters. The molecule has 1 fully saturated rings. The fourth-order valence-electron chi connectivity index (χ4n) is 3.54. The zero-order valence-corrected chi connectivity index (χ0v) is 18.8. The van der Waals surface area contributed by atoms with Crippen molar-refractivity contribution in [2.75, 3.05) is 23.7 Å². The standard InChI is InChI=1S/C21H24Cl2N2O3S/c1-15-5-4-12-24(13-15)21(26)17-10-8-16(9-11-17)14-25(29(2,27)28)19-7-3-6-18(22)20(19)23/h3,6-11,15H,4-5,12-14H2,1-2H3/t15-/m1/s1. The van der Waals surface area contributed by atoms with Crippen LogP contribution in [-0.2, 0) is 16.6 Å². The minimum absolute atomic E-state index is 0.0148. The number of likely N-dealkylation sites (tertiary alicyclic amines) is 1. The van der Waals surface area contributed by atoms with Crippen LogP contribution in [0.4, 0.5) is 5.69 Å². The molecule has 29 heavy (non-hydrogen) atoms. The Morgan fingerprint density at radius 3 is 2.48 bits per heavy atom. The third-order valence-electron chi connectivity index (χ3n) is 5.07. The Bertz CT molecular complexity index is 993. The van der Waals surface area contributed by atoms with Gasteiger partial charge in [-0.05, 0) is 48.6 Å². The summed E-state index contributed by atoms with van der Waals surface area (Å²) in [5, 5.41) is 0.472. The van der Waals surface area contributed by atoms with E-state index in [1.807, 2.05) is 4.90 Å². The van der Waals surface area contributed by atoms with E-state index in [1.165, 1.54) is 4.31 Å². The van der Waals surface area contributed by atoms with Crippen LogP contribution in [0.3, 0.4) is 0 Å². The van der Waals surface area contributed by atoms with Gasteiger partial charge in [-0.3, -0.25) is 9.10 Å². The summed E-state index contributed by atoms with van der Waals surface area (Å²) in [5.41, 5.74) is 1.67. The largest absolute Gasteiger partial charge is 0.338 e. The minimum Gasteiger partial charge on any atom is -0.338 e. The molecule has 156 valence electrons. The predicted molar refractivity (Wildman–Crippen MR) is 118 cm³/mol. The van der Waals surface area contributed by atoms with Crippen LogP contribution in [0.25, 0.3) is 0 Å². The summed E-state index contributed by atoms with van der Waals surface area (Å²) in [6.45, 7) is 3.80. The van der Waals surface area contributed by atoms with Gasteiger partial charge >= 0.3 is 0 Å². The molecule has 0 N–H and O–H groups in total. The van der Waals surface area contributed by atoms with Crippen LogP contribution in [0.15, 0.2) is 42.5 Å². The molecule has 0 aliphatic carbocycles. The highest BCUT2D eigenvalue weighted by Crippen LogP contribution is 2.34. The van der Waals surface area contributed by atoms with Gasteiger partial charge in [0.25, 0.3) is 5.91 Å². The van der Waals surface area contributed by atoms with Crippen molar-refractivity contribution in [3.63, 3.8) is 0 Å². The van der Waals surface area contributed by atoms with Gasteiger partial charge in [-0.2, -0.15) is 0 Å². The summed E-state index contributed by atoms with van der Waals surface area (Å²) in [6.07, 6.45) is 3.30. The normalized spacial score (nSPS) is 17.2. The van der Waals surface area contributed by atoms with E-state index in [-0.39, 0.29) is 22.5 Å². The number of hydrogen-bond donors (Lipinski definition) is 0. The number of nitrogens with zero attached hydrogens (tertiary/aromatic N) is 2. The van der Waals surface area contributed by atoms with Crippen LogP contribution >= 0.6 is 23.2 Å². The summed E-state index contributed by atoms with van der Waals surface area (Å²) >= 11 is 12.3. The van der Waals surface area contributed by atoms with Gasteiger partial charge in [0.2, 0.25) is 10.0 Å². The number of benzene rings is 2. The molecule has 0 saturated carbocycles. The second-order valence-electron chi connectivity index (χ2n) is 7.54. The predicted octanol–water partition coefficient (Wildman–Crippen LogP) is 4.83. The maximum absolute atomic E-state index is 12.7. The zero-order valence-electron chi connectivity index (χ0n) is 16.4. The van der Waals surface area contributed by atoms with Crippen molar-refractivity contribution in [1.82, 2.24) is 4.90 Å². The molecule has 0 unspecified atom stereocenters. The lowest BCUT2D eigenvalue weighted by molar-refractivity contribution is 0.0683. The molecule has 0 aromatic heterocycles. The number of hydrogen-bond acceptors (Lipinski definition) is 3. The fourth-order valence-corrected chi connectivity index (χ4v) is 4.88. The van der Waals surface area contributed by atoms with Crippen LogP contribution in [0, 0.1) is 5.92 Å². The molecule has 5 nitrogen and oxygen atoms in total. The second kappa shape index (κ2) is 8.94. The Kier molecular flexibility index (Phi) is 6.76. The van der Waals surface area contributed by atoms with E-state index >= 15 is 0 Å². The SMILES string of the molecule is C[C@@H]1CCCN(C(=O)c2ccc(CN(c3cccc(Cl)c3Cl)S(C)(=O)=O)cc2)C1. The number of amides is 1. The summed E-state index contributed by atoms with van der Waals surface area (Å²) < 4.78 is 26.0. The van der Waals surface area contributed by atoms with Crippen LogP contribution < -0.4 is 4.31 Å². The van der Waals surface area contributed by atoms with Crippen LogP contribution in [0.1, 0.15) is 35.7 Å². The summed E-state index contributed by atoms with van der Waals surface area (Å²) in [7, 11) is -3.59. The Balaban J connectivity index is 1.81. The zero-order chi connectivity index (χ0) is 21.2. The molecule has 1 amide bonds. The highest BCUT2D eigenvalue weighted by Gasteiger charge is 2.23. The smallest absolute Gasteiger partial charge is 0.253 e. The number of piperidine rings is 1. The van der Waals surface area contributed by atoms with Crippen molar-refractivity contribution >= 4 is 44.8 Å². The minimum atomic E-state index is -3.59. The van der Waals surface area contributed by atoms with Gasteiger partial charge < -0.3 is 4.90 Å². The molecule has 1 heterocycles. The molecule has 2 aromatic rings. The Morgan fingerprint density at radius 1 is 1.17 bits per heavy atom. The molecule has 1 aliphatic heterocycles. The topological polar surface area (TPSA) is 57.7 Å². The van der Waals surface area contributed by atoms with Crippen molar-refractivity contribution in [2.24, 2.45) is 5.92 Å². The lowest BCUT2D eigenvalue weighted by atomic mass is 9.99. The third kappa shape index (κ3) is 5.24. The lowest BCUT2D eigenvalue weighted by Gasteiger charge is -2.31. The summed E-state index contributed by atoms with van der Waals surface area (Å²) in [6, 6.07) is 11.9. The van der Waals surface area contributed by atoms with Gasteiger partial charge in [0.15, 0.2) is 0 Å².